The Labute approximate surface area is 117 Å². The molecule has 0 bridgehead atoms. The number of hydrogen-bond donors (Lipinski definition) is 1. The molecule has 1 aliphatic rings. The third kappa shape index (κ3) is 3.32. The Morgan fingerprint density at radius 1 is 1.15 bits per heavy atom. The van der Waals surface area contributed by atoms with E-state index in [1.807, 2.05) is 0 Å². The SMILES string of the molecule is C1=Cc2cccc3cccc(c23)C1.CC(=O)CC(=O)O. The molecule has 1 aliphatic carbocycles. The van der Waals surface area contributed by atoms with Crippen molar-refractivity contribution in [1.82, 2.24) is 0 Å². The van der Waals surface area contributed by atoms with Crippen LogP contribution in [0.15, 0.2) is 42.5 Å². The van der Waals surface area contributed by atoms with Gasteiger partial charge < -0.3 is 5.11 Å². The maximum absolute atomic E-state index is 9.87. The topological polar surface area (TPSA) is 54.4 Å². The molecule has 3 heteroatoms. The summed E-state index contributed by atoms with van der Waals surface area (Å²) < 4.78 is 0. The van der Waals surface area contributed by atoms with E-state index in [2.05, 4.69) is 48.6 Å². The summed E-state index contributed by atoms with van der Waals surface area (Å²) in [4.78, 5) is 19.5. The zero-order valence-electron chi connectivity index (χ0n) is 11.3. The van der Waals surface area contributed by atoms with E-state index in [0.717, 1.165) is 6.42 Å². The van der Waals surface area contributed by atoms with Crippen LogP contribution in [0.1, 0.15) is 24.5 Å². The van der Waals surface area contributed by atoms with Crippen LogP contribution in [0.5, 0.6) is 0 Å². The maximum Gasteiger partial charge on any atom is 0.310 e. The van der Waals surface area contributed by atoms with Crippen molar-refractivity contribution >= 4 is 28.6 Å². The monoisotopic (exact) mass is 268 g/mol. The van der Waals surface area contributed by atoms with E-state index in [0.29, 0.717) is 0 Å². The van der Waals surface area contributed by atoms with Crippen LogP contribution in [0, 0.1) is 0 Å². The van der Waals surface area contributed by atoms with Crippen LogP contribution >= 0.6 is 0 Å². The molecular formula is C17H16O3. The first kappa shape index (κ1) is 14.0. The van der Waals surface area contributed by atoms with Gasteiger partial charge in [0.05, 0.1) is 0 Å². The fourth-order valence-corrected chi connectivity index (χ4v) is 2.28. The molecule has 0 unspecified atom stereocenters. The fraction of sp³-hybridized carbons (Fsp3) is 0.176. The summed E-state index contributed by atoms with van der Waals surface area (Å²) in [5.41, 5.74) is 2.81. The average molecular weight is 268 g/mol. The molecule has 0 atom stereocenters. The van der Waals surface area contributed by atoms with E-state index in [9.17, 15) is 9.59 Å². The third-order valence-electron chi connectivity index (χ3n) is 3.06. The van der Waals surface area contributed by atoms with Crippen LogP contribution in [0.25, 0.3) is 16.8 Å². The molecule has 0 amide bonds. The van der Waals surface area contributed by atoms with E-state index in [-0.39, 0.29) is 12.2 Å². The molecule has 0 aliphatic heterocycles. The summed E-state index contributed by atoms with van der Waals surface area (Å²) >= 11 is 0. The van der Waals surface area contributed by atoms with Crippen LogP contribution in [0.3, 0.4) is 0 Å². The molecule has 1 N–H and O–H groups in total. The Balaban J connectivity index is 0.000000182. The summed E-state index contributed by atoms with van der Waals surface area (Å²) in [6.45, 7) is 1.24. The zero-order chi connectivity index (χ0) is 14.5. The van der Waals surface area contributed by atoms with Crippen LogP contribution in [0.2, 0.25) is 0 Å². The number of rotatable bonds is 2. The first-order chi connectivity index (χ1) is 9.58. The van der Waals surface area contributed by atoms with Crippen LogP contribution < -0.4 is 0 Å². The molecule has 0 saturated heterocycles. The van der Waals surface area contributed by atoms with Gasteiger partial charge in [-0.25, -0.2) is 0 Å². The van der Waals surface area contributed by atoms with Gasteiger partial charge in [0.2, 0.25) is 0 Å². The number of ketones is 1. The average Bonchev–Trinajstić information content (AvgIpc) is 2.39. The molecule has 0 spiro atoms. The molecule has 0 aromatic heterocycles. The van der Waals surface area contributed by atoms with Crippen molar-refractivity contribution in [2.24, 2.45) is 0 Å². The van der Waals surface area contributed by atoms with Gasteiger partial charge in [-0.3, -0.25) is 9.59 Å². The minimum absolute atomic E-state index is 0.312. The van der Waals surface area contributed by atoms with Crippen molar-refractivity contribution < 1.29 is 14.7 Å². The van der Waals surface area contributed by atoms with Crippen molar-refractivity contribution in [3.8, 4) is 0 Å². The second-order valence-corrected chi connectivity index (χ2v) is 4.74. The normalized spacial score (nSPS) is 11.7. The predicted octanol–water partition coefficient (Wildman–Crippen LogP) is 3.46. The number of Topliss-reactive ketones (excluding diaryl/α,β-unsaturated/α-hetero) is 1. The van der Waals surface area contributed by atoms with Gasteiger partial charge >= 0.3 is 5.97 Å². The number of aliphatic carboxylic acids is 1. The minimum Gasteiger partial charge on any atom is -0.481 e. The molecular weight excluding hydrogens is 252 g/mol. The Bertz CT molecular complexity index is 666. The Morgan fingerprint density at radius 2 is 1.85 bits per heavy atom. The van der Waals surface area contributed by atoms with Crippen molar-refractivity contribution in [3.05, 3.63) is 53.6 Å². The van der Waals surface area contributed by atoms with Gasteiger partial charge in [-0.1, -0.05) is 48.6 Å². The maximum atomic E-state index is 9.87. The van der Waals surface area contributed by atoms with Crippen molar-refractivity contribution in [1.29, 1.82) is 0 Å². The zero-order valence-corrected chi connectivity index (χ0v) is 11.3. The number of carboxylic acids is 1. The van der Waals surface area contributed by atoms with Crippen LogP contribution in [-0.2, 0) is 16.0 Å². The van der Waals surface area contributed by atoms with E-state index < -0.39 is 5.97 Å². The highest BCUT2D eigenvalue weighted by atomic mass is 16.4. The van der Waals surface area contributed by atoms with Gasteiger partial charge in [-0.15, -0.1) is 0 Å². The lowest BCUT2D eigenvalue weighted by Gasteiger charge is -2.11. The first-order valence-corrected chi connectivity index (χ1v) is 6.46. The minimum atomic E-state index is -1.06. The summed E-state index contributed by atoms with van der Waals surface area (Å²) in [6.07, 6.45) is 5.17. The van der Waals surface area contributed by atoms with E-state index in [1.54, 1.807) is 0 Å². The largest absolute Gasteiger partial charge is 0.481 e. The van der Waals surface area contributed by atoms with Gasteiger partial charge in [0.25, 0.3) is 0 Å². The third-order valence-corrected chi connectivity index (χ3v) is 3.06. The summed E-state index contributed by atoms with van der Waals surface area (Å²) in [6, 6.07) is 13.0. The molecule has 102 valence electrons. The number of carbonyl (C=O) groups is 2. The van der Waals surface area contributed by atoms with Crippen LogP contribution in [-0.4, -0.2) is 16.9 Å². The second kappa shape index (κ2) is 6.15. The summed E-state index contributed by atoms with van der Waals surface area (Å²) in [5.74, 6) is -1.37. The molecule has 3 rings (SSSR count). The van der Waals surface area contributed by atoms with Gasteiger partial charge in [0, 0.05) is 0 Å². The van der Waals surface area contributed by atoms with Crippen molar-refractivity contribution in [2.45, 2.75) is 19.8 Å². The lowest BCUT2D eigenvalue weighted by molar-refractivity contribution is -0.139. The van der Waals surface area contributed by atoms with E-state index >= 15 is 0 Å². The Hall–Kier alpha value is -2.42. The summed E-state index contributed by atoms with van der Waals surface area (Å²) in [5, 5.41) is 10.7. The molecule has 3 nitrogen and oxygen atoms in total. The quantitative estimate of drug-likeness (QED) is 0.849. The molecule has 0 heterocycles. The standard InChI is InChI=1S/C13H10.C4H6O3/c1-4-10-6-2-8-12-9-3-7-11(5-1)13(10)12;1-3(5)2-4(6)7/h1-8H,9H2;2H2,1H3,(H,6,7). The van der Waals surface area contributed by atoms with Crippen molar-refractivity contribution in [3.63, 3.8) is 0 Å². The van der Waals surface area contributed by atoms with Gasteiger partial charge in [0.1, 0.15) is 12.2 Å². The number of allylic oxidation sites excluding steroid dienone is 1. The molecule has 20 heavy (non-hydrogen) atoms. The van der Waals surface area contributed by atoms with Gasteiger partial charge in [-0.05, 0) is 35.2 Å². The van der Waals surface area contributed by atoms with Crippen molar-refractivity contribution in [2.75, 3.05) is 0 Å². The van der Waals surface area contributed by atoms with E-state index in [1.165, 1.54) is 28.8 Å². The van der Waals surface area contributed by atoms with Crippen LogP contribution in [0.4, 0.5) is 0 Å². The number of benzene rings is 2. The molecule has 0 fully saturated rings. The smallest absolute Gasteiger partial charge is 0.310 e. The molecule has 0 radical (unpaired) electrons. The number of carboxylic acid groups (broad SMARTS) is 1. The first-order valence-electron chi connectivity index (χ1n) is 6.46. The molecule has 0 saturated carbocycles. The summed E-state index contributed by atoms with van der Waals surface area (Å²) in [7, 11) is 0. The predicted molar refractivity (Wildman–Crippen MR) is 79.6 cm³/mol. The van der Waals surface area contributed by atoms with E-state index in [4.69, 9.17) is 5.11 Å². The lowest BCUT2D eigenvalue weighted by Crippen LogP contribution is -2.00. The fourth-order valence-electron chi connectivity index (χ4n) is 2.28. The number of hydrogen-bond acceptors (Lipinski definition) is 2. The highest BCUT2D eigenvalue weighted by molar-refractivity contribution is 5.95. The molecule has 2 aromatic carbocycles. The van der Waals surface area contributed by atoms with Gasteiger partial charge in [0.15, 0.2) is 0 Å². The second-order valence-electron chi connectivity index (χ2n) is 4.74. The Kier molecular flexibility index (Phi) is 4.31. The highest BCUT2D eigenvalue weighted by Crippen LogP contribution is 2.27. The molecule has 2 aromatic rings. The number of carbonyl (C=O) groups excluding carboxylic acids is 1. The van der Waals surface area contributed by atoms with Gasteiger partial charge in [-0.2, -0.15) is 0 Å². The highest BCUT2D eigenvalue weighted by Gasteiger charge is 2.06. The lowest BCUT2D eigenvalue weighted by atomic mass is 9.93. The Morgan fingerprint density at radius 3 is 2.45 bits per heavy atom.